The Kier molecular flexibility index (Phi) is 10.0. The lowest BCUT2D eigenvalue weighted by molar-refractivity contribution is -0.129. The molecule has 1 aliphatic heterocycles. The van der Waals surface area contributed by atoms with Gasteiger partial charge in [-0.05, 0) is 73.4 Å². The van der Waals surface area contributed by atoms with E-state index in [2.05, 4.69) is 48.6 Å². The Labute approximate surface area is 172 Å². The van der Waals surface area contributed by atoms with Crippen molar-refractivity contribution in [2.45, 2.75) is 90.8 Å². The van der Waals surface area contributed by atoms with Crippen LogP contribution in [0.1, 0.15) is 73.6 Å². The third-order valence-corrected chi connectivity index (χ3v) is 5.78. The van der Waals surface area contributed by atoms with Gasteiger partial charge in [0.1, 0.15) is 0 Å². The maximum absolute atomic E-state index is 13.2. The van der Waals surface area contributed by atoms with Gasteiger partial charge in [-0.1, -0.05) is 26.0 Å². The van der Waals surface area contributed by atoms with Crippen molar-refractivity contribution in [1.82, 2.24) is 15.5 Å². The highest BCUT2D eigenvalue weighted by atomic mass is 16.1. The molecule has 0 bridgehead atoms. The maximum atomic E-state index is 13.2. The highest BCUT2D eigenvalue weighted by Crippen LogP contribution is 2.21. The highest BCUT2D eigenvalue weighted by molar-refractivity contribution is 5.93. The molecule has 2 atom stereocenters. The summed E-state index contributed by atoms with van der Waals surface area (Å²) in [7, 11) is 2.12. The van der Waals surface area contributed by atoms with Crippen molar-refractivity contribution in [3.63, 3.8) is 0 Å². The second-order valence-electron chi connectivity index (χ2n) is 9.49. The van der Waals surface area contributed by atoms with E-state index in [1.54, 1.807) is 0 Å². The molecule has 0 aromatic rings. The average Bonchev–Trinajstić information content (AvgIpc) is 2.60. The van der Waals surface area contributed by atoms with Gasteiger partial charge in [0.25, 0.3) is 0 Å². The topological polar surface area (TPSA) is 61.4 Å². The molecule has 0 fully saturated rings. The number of nitrogens with zero attached hydrogens (tertiary/aromatic N) is 1. The average molecular weight is 394 g/mol. The lowest BCUT2D eigenvalue weighted by Crippen LogP contribution is -2.59. The Bertz CT molecular complexity index is 544. The van der Waals surface area contributed by atoms with E-state index in [-0.39, 0.29) is 30.1 Å². The maximum Gasteiger partial charge on any atom is 0.166 e. The predicted molar refractivity (Wildman–Crippen MR) is 118 cm³/mol. The zero-order valence-corrected chi connectivity index (χ0v) is 19.2. The van der Waals surface area contributed by atoms with Crippen LogP contribution in [0, 0.1) is 5.92 Å². The lowest BCUT2D eigenvalue weighted by atomic mass is 9.83. The first kappa shape index (κ1) is 25.0. The highest BCUT2D eigenvalue weighted by Gasteiger charge is 2.37. The first-order chi connectivity index (χ1) is 13.0. The number of ketones is 2. The van der Waals surface area contributed by atoms with E-state index >= 15 is 0 Å². The van der Waals surface area contributed by atoms with Crippen LogP contribution in [0.3, 0.4) is 0 Å². The number of carbonyl (C=O) groups excluding carboxylic acids is 2. The SMILES string of the molecule is CC(C)N[C@]1(C)CCC/C=C/CN(C)CCC[C@@](C)(C(=O)C(C)C)NCC1=O. The van der Waals surface area contributed by atoms with Crippen LogP contribution in [0.4, 0.5) is 0 Å². The largest absolute Gasteiger partial charge is 0.303 e. The molecule has 0 aliphatic carbocycles. The van der Waals surface area contributed by atoms with Crippen molar-refractivity contribution in [3.8, 4) is 0 Å². The Morgan fingerprint density at radius 1 is 1.14 bits per heavy atom. The Morgan fingerprint density at radius 3 is 2.43 bits per heavy atom. The molecule has 0 radical (unpaired) electrons. The first-order valence-corrected chi connectivity index (χ1v) is 10.9. The molecule has 5 heteroatoms. The van der Waals surface area contributed by atoms with Gasteiger partial charge in [-0.25, -0.2) is 0 Å². The van der Waals surface area contributed by atoms with Gasteiger partial charge in [-0.2, -0.15) is 0 Å². The van der Waals surface area contributed by atoms with Gasteiger partial charge in [0.2, 0.25) is 0 Å². The molecule has 0 saturated heterocycles. The number of likely N-dealkylation sites (N-methyl/N-ethyl adjacent to an activating group) is 1. The molecule has 1 rings (SSSR count). The van der Waals surface area contributed by atoms with Gasteiger partial charge in [0, 0.05) is 18.5 Å². The van der Waals surface area contributed by atoms with Gasteiger partial charge in [-0.15, -0.1) is 0 Å². The standard InChI is InChI=1S/C23H43N3O2/c1-18(2)21(28)23(6)14-12-16-26(7)15-11-9-8-10-13-22(5,25-19(3)4)20(27)17-24-23/h9,11,18-19,24-25H,8,10,12-17H2,1-7H3/b11-9+/t22-,23+/m1/s1. The summed E-state index contributed by atoms with van der Waals surface area (Å²) in [6.07, 6.45) is 8.83. The molecule has 1 heterocycles. The van der Waals surface area contributed by atoms with Crippen LogP contribution in [0.25, 0.3) is 0 Å². The summed E-state index contributed by atoms with van der Waals surface area (Å²) in [6, 6.07) is 0.226. The lowest BCUT2D eigenvalue weighted by Gasteiger charge is -2.35. The van der Waals surface area contributed by atoms with Crippen LogP contribution in [-0.4, -0.2) is 60.3 Å². The Morgan fingerprint density at radius 2 is 1.82 bits per heavy atom. The number of Topliss-reactive ketones (excluding diaryl/α,β-unsaturated/α-hetero) is 2. The van der Waals surface area contributed by atoms with Crippen LogP contribution in [0.5, 0.6) is 0 Å². The van der Waals surface area contributed by atoms with E-state index < -0.39 is 11.1 Å². The minimum Gasteiger partial charge on any atom is -0.303 e. The number of carbonyl (C=O) groups is 2. The summed E-state index contributed by atoms with van der Waals surface area (Å²) in [6.45, 7) is 14.1. The minimum absolute atomic E-state index is 0.0597. The molecule has 1 aliphatic rings. The molecule has 5 nitrogen and oxygen atoms in total. The van der Waals surface area contributed by atoms with Crippen molar-refractivity contribution in [2.24, 2.45) is 5.92 Å². The van der Waals surface area contributed by atoms with E-state index in [4.69, 9.17) is 0 Å². The zero-order chi connectivity index (χ0) is 21.4. The zero-order valence-electron chi connectivity index (χ0n) is 19.2. The van der Waals surface area contributed by atoms with E-state index in [0.29, 0.717) is 0 Å². The second kappa shape index (κ2) is 11.2. The fourth-order valence-corrected chi connectivity index (χ4v) is 4.08. The van der Waals surface area contributed by atoms with Crippen molar-refractivity contribution < 1.29 is 9.59 Å². The van der Waals surface area contributed by atoms with Gasteiger partial charge in [0.15, 0.2) is 11.6 Å². The van der Waals surface area contributed by atoms with Gasteiger partial charge in [0.05, 0.1) is 17.6 Å². The van der Waals surface area contributed by atoms with E-state index in [1.807, 2.05) is 27.7 Å². The van der Waals surface area contributed by atoms with Crippen molar-refractivity contribution >= 4 is 11.6 Å². The molecule has 162 valence electrons. The van der Waals surface area contributed by atoms with E-state index in [0.717, 1.165) is 45.2 Å². The normalized spacial score (nSPS) is 30.8. The summed E-state index contributed by atoms with van der Waals surface area (Å²) >= 11 is 0. The van der Waals surface area contributed by atoms with E-state index in [1.165, 1.54) is 0 Å². The van der Waals surface area contributed by atoms with Crippen LogP contribution in [-0.2, 0) is 9.59 Å². The number of rotatable bonds is 4. The van der Waals surface area contributed by atoms with Gasteiger partial charge in [-0.3, -0.25) is 14.9 Å². The molecule has 0 aromatic heterocycles. The number of hydrogen-bond donors (Lipinski definition) is 2. The minimum atomic E-state index is -0.667. The molecule has 0 amide bonds. The van der Waals surface area contributed by atoms with Crippen molar-refractivity contribution in [3.05, 3.63) is 12.2 Å². The predicted octanol–water partition coefficient (Wildman–Crippen LogP) is 3.34. The fourth-order valence-electron chi connectivity index (χ4n) is 4.08. The van der Waals surface area contributed by atoms with Crippen LogP contribution < -0.4 is 10.6 Å². The van der Waals surface area contributed by atoms with Crippen LogP contribution in [0.15, 0.2) is 12.2 Å². The van der Waals surface area contributed by atoms with Crippen LogP contribution in [0.2, 0.25) is 0 Å². The first-order valence-electron chi connectivity index (χ1n) is 10.9. The molecule has 0 unspecified atom stereocenters. The molecule has 0 saturated carbocycles. The van der Waals surface area contributed by atoms with Crippen LogP contribution >= 0.6 is 0 Å². The summed E-state index contributed by atoms with van der Waals surface area (Å²) in [5, 5.41) is 6.85. The molecular weight excluding hydrogens is 350 g/mol. The summed E-state index contributed by atoms with van der Waals surface area (Å²) < 4.78 is 0. The van der Waals surface area contributed by atoms with Crippen molar-refractivity contribution in [1.29, 1.82) is 0 Å². The molecule has 28 heavy (non-hydrogen) atoms. The monoisotopic (exact) mass is 393 g/mol. The fraction of sp³-hybridized carbons (Fsp3) is 0.826. The van der Waals surface area contributed by atoms with Crippen molar-refractivity contribution in [2.75, 3.05) is 26.7 Å². The van der Waals surface area contributed by atoms with Gasteiger partial charge >= 0.3 is 0 Å². The summed E-state index contributed by atoms with van der Waals surface area (Å²) in [5.74, 6) is 0.265. The molecule has 2 N–H and O–H groups in total. The second-order valence-corrected chi connectivity index (χ2v) is 9.49. The number of hydrogen-bond acceptors (Lipinski definition) is 5. The van der Waals surface area contributed by atoms with Gasteiger partial charge < -0.3 is 10.2 Å². The smallest absolute Gasteiger partial charge is 0.166 e. The Balaban J connectivity index is 3.06. The number of allylic oxidation sites excluding steroid dienone is 1. The quantitative estimate of drug-likeness (QED) is 0.718. The Hall–Kier alpha value is -1.04. The third-order valence-electron chi connectivity index (χ3n) is 5.78. The summed E-state index contributed by atoms with van der Waals surface area (Å²) in [4.78, 5) is 28.4. The van der Waals surface area contributed by atoms with E-state index in [9.17, 15) is 9.59 Å². The third kappa shape index (κ3) is 7.76. The molecule has 0 aromatic carbocycles. The number of nitrogens with one attached hydrogen (secondary N) is 2. The molecule has 0 spiro atoms. The molecular formula is C23H43N3O2. The summed E-state index contributed by atoms with van der Waals surface area (Å²) in [5.41, 5.74) is -1.24.